The van der Waals surface area contributed by atoms with Crippen molar-refractivity contribution in [2.45, 2.75) is 13.3 Å². The second kappa shape index (κ2) is 6.73. The van der Waals surface area contributed by atoms with Gasteiger partial charge in [0.05, 0.1) is 10.6 Å². The Bertz CT molecular complexity index is 697. The predicted molar refractivity (Wildman–Crippen MR) is 88.3 cm³/mol. The Labute approximate surface area is 134 Å². The van der Waals surface area contributed by atoms with E-state index in [1.54, 1.807) is 24.3 Å². The quantitative estimate of drug-likeness (QED) is 0.334. The third-order valence-electron chi connectivity index (χ3n) is 2.85. The van der Waals surface area contributed by atoms with Crippen LogP contribution in [0.3, 0.4) is 0 Å². The fourth-order valence-corrected chi connectivity index (χ4v) is 2.97. The minimum Gasteiger partial charge on any atom is -0.409 e. The SMILES string of the molecule is CCc1ccc(C(=O)Nc2ccc(Br)cc2/C(N)=N/O)s1. The molecule has 0 saturated carbocycles. The third-order valence-corrected chi connectivity index (χ3v) is 4.57. The molecule has 0 spiro atoms. The van der Waals surface area contributed by atoms with E-state index < -0.39 is 0 Å². The van der Waals surface area contributed by atoms with E-state index in [1.165, 1.54) is 11.3 Å². The summed E-state index contributed by atoms with van der Waals surface area (Å²) in [4.78, 5) is 14.0. The summed E-state index contributed by atoms with van der Waals surface area (Å²) < 4.78 is 0.770. The van der Waals surface area contributed by atoms with E-state index in [2.05, 4.69) is 26.4 Å². The number of halogens is 1. The standard InChI is InChI=1S/C14H14BrN3O2S/c1-2-9-4-6-12(21-9)14(19)17-11-5-3-8(15)7-10(11)13(16)18-20/h3-7,20H,2H2,1H3,(H2,16,18)(H,17,19). The van der Waals surface area contributed by atoms with Crippen LogP contribution in [0.25, 0.3) is 0 Å². The third kappa shape index (κ3) is 3.62. The summed E-state index contributed by atoms with van der Waals surface area (Å²) in [7, 11) is 0. The zero-order valence-corrected chi connectivity index (χ0v) is 13.7. The zero-order valence-electron chi connectivity index (χ0n) is 11.3. The van der Waals surface area contributed by atoms with Gasteiger partial charge in [-0.15, -0.1) is 11.3 Å². The van der Waals surface area contributed by atoms with Crippen molar-refractivity contribution in [3.63, 3.8) is 0 Å². The van der Waals surface area contributed by atoms with Crippen LogP contribution in [-0.4, -0.2) is 17.0 Å². The molecule has 2 rings (SSSR count). The number of anilines is 1. The van der Waals surface area contributed by atoms with E-state index in [9.17, 15) is 4.79 Å². The molecule has 0 atom stereocenters. The number of nitrogens with zero attached hydrogens (tertiary/aromatic N) is 1. The maximum Gasteiger partial charge on any atom is 0.265 e. The number of nitrogens with two attached hydrogens (primary N) is 1. The van der Waals surface area contributed by atoms with E-state index in [-0.39, 0.29) is 11.7 Å². The molecule has 2 aromatic rings. The van der Waals surface area contributed by atoms with Crippen LogP contribution in [0.15, 0.2) is 40.0 Å². The number of rotatable bonds is 4. The number of thiophene rings is 1. The highest BCUT2D eigenvalue weighted by Gasteiger charge is 2.13. The molecule has 1 aromatic heterocycles. The fraction of sp³-hybridized carbons (Fsp3) is 0.143. The Morgan fingerprint density at radius 1 is 1.43 bits per heavy atom. The van der Waals surface area contributed by atoms with Gasteiger partial charge in [0.25, 0.3) is 5.91 Å². The Morgan fingerprint density at radius 3 is 2.81 bits per heavy atom. The minimum atomic E-state index is -0.214. The monoisotopic (exact) mass is 367 g/mol. The lowest BCUT2D eigenvalue weighted by Gasteiger charge is -2.10. The highest BCUT2D eigenvalue weighted by atomic mass is 79.9. The van der Waals surface area contributed by atoms with Gasteiger partial charge in [0.2, 0.25) is 0 Å². The molecule has 0 saturated heterocycles. The lowest BCUT2D eigenvalue weighted by atomic mass is 10.1. The van der Waals surface area contributed by atoms with Gasteiger partial charge in [0.1, 0.15) is 0 Å². The molecule has 5 nitrogen and oxygen atoms in total. The lowest BCUT2D eigenvalue weighted by molar-refractivity contribution is 0.103. The summed E-state index contributed by atoms with van der Waals surface area (Å²) in [5, 5.41) is 14.6. The van der Waals surface area contributed by atoms with Crippen molar-refractivity contribution in [2.24, 2.45) is 10.9 Å². The van der Waals surface area contributed by atoms with E-state index in [1.807, 2.05) is 13.0 Å². The van der Waals surface area contributed by atoms with Crippen molar-refractivity contribution in [1.82, 2.24) is 0 Å². The summed E-state index contributed by atoms with van der Waals surface area (Å²) in [6.07, 6.45) is 0.894. The minimum absolute atomic E-state index is 0.0629. The van der Waals surface area contributed by atoms with Crippen LogP contribution in [-0.2, 0) is 6.42 Å². The van der Waals surface area contributed by atoms with Crippen LogP contribution in [0.5, 0.6) is 0 Å². The van der Waals surface area contributed by atoms with Gasteiger partial charge >= 0.3 is 0 Å². The first-order chi connectivity index (χ1) is 10.0. The van der Waals surface area contributed by atoms with Gasteiger partial charge in [-0.1, -0.05) is 28.0 Å². The second-order valence-electron chi connectivity index (χ2n) is 4.25. The van der Waals surface area contributed by atoms with Crippen LogP contribution in [0.4, 0.5) is 5.69 Å². The van der Waals surface area contributed by atoms with Crippen molar-refractivity contribution in [3.05, 3.63) is 50.1 Å². The van der Waals surface area contributed by atoms with Crippen LogP contribution in [0.2, 0.25) is 0 Å². The molecule has 0 aliphatic carbocycles. The Morgan fingerprint density at radius 2 is 2.19 bits per heavy atom. The summed E-state index contributed by atoms with van der Waals surface area (Å²) in [6, 6.07) is 8.88. The maximum atomic E-state index is 12.2. The van der Waals surface area contributed by atoms with Crippen LogP contribution >= 0.6 is 27.3 Å². The van der Waals surface area contributed by atoms with Crippen molar-refractivity contribution < 1.29 is 10.0 Å². The number of carbonyl (C=O) groups excluding carboxylic acids is 1. The molecule has 0 aliphatic heterocycles. The second-order valence-corrected chi connectivity index (χ2v) is 6.33. The molecule has 0 aliphatic rings. The molecule has 0 bridgehead atoms. The number of benzene rings is 1. The number of aryl methyl sites for hydroxylation is 1. The van der Waals surface area contributed by atoms with Gasteiger partial charge in [-0.2, -0.15) is 0 Å². The van der Waals surface area contributed by atoms with Crippen molar-refractivity contribution in [3.8, 4) is 0 Å². The molecule has 0 unspecified atom stereocenters. The molecule has 4 N–H and O–H groups in total. The van der Waals surface area contributed by atoms with Crippen molar-refractivity contribution >= 4 is 44.7 Å². The first-order valence-corrected chi connectivity index (χ1v) is 7.83. The van der Waals surface area contributed by atoms with Gasteiger partial charge < -0.3 is 16.3 Å². The number of carbonyl (C=O) groups is 1. The average molecular weight is 368 g/mol. The smallest absolute Gasteiger partial charge is 0.265 e. The van der Waals surface area contributed by atoms with E-state index >= 15 is 0 Å². The molecular weight excluding hydrogens is 354 g/mol. The zero-order chi connectivity index (χ0) is 15.4. The summed E-state index contributed by atoms with van der Waals surface area (Å²) in [5.41, 5.74) is 6.58. The molecule has 7 heteroatoms. The van der Waals surface area contributed by atoms with Gasteiger partial charge in [-0.05, 0) is 36.8 Å². The number of hydrogen-bond donors (Lipinski definition) is 3. The normalized spacial score (nSPS) is 11.4. The van der Waals surface area contributed by atoms with Crippen LogP contribution in [0, 0.1) is 0 Å². The van der Waals surface area contributed by atoms with E-state index in [0.717, 1.165) is 15.8 Å². The molecule has 1 aromatic carbocycles. The molecule has 0 radical (unpaired) electrons. The van der Waals surface area contributed by atoms with Gasteiger partial charge in [-0.25, -0.2) is 0 Å². The van der Waals surface area contributed by atoms with E-state index in [4.69, 9.17) is 10.9 Å². The molecule has 21 heavy (non-hydrogen) atoms. The summed E-state index contributed by atoms with van der Waals surface area (Å²) in [6.45, 7) is 2.04. The predicted octanol–water partition coefficient (Wildman–Crippen LogP) is 3.42. The van der Waals surface area contributed by atoms with Crippen molar-refractivity contribution in [1.29, 1.82) is 0 Å². The molecular formula is C14H14BrN3O2S. The summed E-state index contributed by atoms with van der Waals surface area (Å²) in [5.74, 6) is -0.277. The molecule has 110 valence electrons. The molecule has 1 amide bonds. The van der Waals surface area contributed by atoms with Gasteiger partial charge in [0, 0.05) is 14.9 Å². The number of amides is 1. The highest BCUT2D eigenvalue weighted by Crippen LogP contribution is 2.23. The Hall–Kier alpha value is -1.86. The number of amidine groups is 1. The number of hydrogen-bond acceptors (Lipinski definition) is 4. The number of oxime groups is 1. The van der Waals surface area contributed by atoms with Gasteiger partial charge in [-0.3, -0.25) is 4.79 Å². The fourth-order valence-electron chi connectivity index (χ4n) is 1.77. The molecule has 1 heterocycles. The average Bonchev–Trinajstić information content (AvgIpc) is 2.97. The number of nitrogens with one attached hydrogen (secondary N) is 1. The van der Waals surface area contributed by atoms with Crippen LogP contribution in [0.1, 0.15) is 27.0 Å². The topological polar surface area (TPSA) is 87.7 Å². The van der Waals surface area contributed by atoms with Crippen LogP contribution < -0.4 is 11.1 Å². The van der Waals surface area contributed by atoms with Gasteiger partial charge in [0.15, 0.2) is 5.84 Å². The first kappa shape index (κ1) is 15.5. The summed E-state index contributed by atoms with van der Waals surface area (Å²) >= 11 is 4.77. The Kier molecular flexibility index (Phi) is 4.98. The highest BCUT2D eigenvalue weighted by molar-refractivity contribution is 9.10. The first-order valence-electron chi connectivity index (χ1n) is 6.22. The largest absolute Gasteiger partial charge is 0.409 e. The van der Waals surface area contributed by atoms with E-state index in [0.29, 0.717) is 16.1 Å². The lowest BCUT2D eigenvalue weighted by Crippen LogP contribution is -2.18. The molecule has 0 fully saturated rings. The maximum absolute atomic E-state index is 12.2. The van der Waals surface area contributed by atoms with Crippen molar-refractivity contribution in [2.75, 3.05) is 5.32 Å². The Balaban J connectivity index is 2.28.